The van der Waals surface area contributed by atoms with E-state index in [1.165, 1.54) is 13.2 Å². The summed E-state index contributed by atoms with van der Waals surface area (Å²) in [7, 11) is 1.54. The molecule has 2 atom stereocenters. The number of rotatable bonds is 12. The molecule has 0 aliphatic rings. The number of hydrogen-bond donors (Lipinski definition) is 0. The van der Waals surface area contributed by atoms with Crippen LogP contribution in [0, 0.1) is 17.7 Å². The predicted octanol–water partition coefficient (Wildman–Crippen LogP) is 6.55. The maximum atomic E-state index is 14.8. The molecule has 0 bridgehead atoms. The first-order valence-corrected chi connectivity index (χ1v) is 11.0. The first-order valence-electron chi connectivity index (χ1n) is 10.7. The molecule has 0 saturated heterocycles. The topological polar surface area (TPSA) is 44.8 Å². The molecular weight excluding hydrogens is 407 g/mol. The van der Waals surface area contributed by atoms with Gasteiger partial charge in [-0.05, 0) is 61.3 Å². The highest BCUT2D eigenvalue weighted by molar-refractivity contribution is 6.36. The van der Waals surface area contributed by atoms with Crippen LogP contribution in [0.3, 0.4) is 0 Å². The second-order valence-electron chi connectivity index (χ2n) is 7.43. The molecule has 0 spiro atoms. The first-order chi connectivity index (χ1) is 14.5. The van der Waals surface area contributed by atoms with Crippen LogP contribution in [0.15, 0.2) is 24.3 Å². The van der Waals surface area contributed by atoms with E-state index in [0.29, 0.717) is 41.2 Å². The number of carbonyl (C=O) groups is 1. The third kappa shape index (κ3) is 6.08. The molecular formula is C24H32ClFO4. The summed E-state index contributed by atoms with van der Waals surface area (Å²) in [6.45, 7) is 6.45. The summed E-state index contributed by atoms with van der Waals surface area (Å²) in [5.74, 6) is 0.00968. The van der Waals surface area contributed by atoms with Gasteiger partial charge in [-0.3, -0.25) is 4.79 Å². The molecule has 0 aliphatic carbocycles. The lowest BCUT2D eigenvalue weighted by atomic mass is 9.82. The van der Waals surface area contributed by atoms with Gasteiger partial charge in [0.2, 0.25) is 0 Å². The van der Waals surface area contributed by atoms with E-state index in [2.05, 4.69) is 13.8 Å². The lowest BCUT2D eigenvalue weighted by molar-refractivity contribution is -0.150. The molecule has 2 aromatic rings. The van der Waals surface area contributed by atoms with Gasteiger partial charge < -0.3 is 14.2 Å². The van der Waals surface area contributed by atoms with E-state index in [0.717, 1.165) is 24.6 Å². The Bertz CT molecular complexity index is 840. The summed E-state index contributed by atoms with van der Waals surface area (Å²) in [6, 6.07) is 6.61. The van der Waals surface area contributed by atoms with Crippen LogP contribution in [-0.2, 0) is 20.7 Å². The minimum absolute atomic E-state index is 0.104. The highest BCUT2D eigenvalue weighted by atomic mass is 35.5. The summed E-state index contributed by atoms with van der Waals surface area (Å²) < 4.78 is 30.5. The van der Waals surface area contributed by atoms with Crippen LogP contribution < -0.4 is 4.74 Å². The Morgan fingerprint density at radius 1 is 1.17 bits per heavy atom. The van der Waals surface area contributed by atoms with Gasteiger partial charge in [0, 0.05) is 12.5 Å². The number of esters is 1. The van der Waals surface area contributed by atoms with Crippen molar-refractivity contribution < 1.29 is 23.4 Å². The van der Waals surface area contributed by atoms with Crippen LogP contribution in [0.2, 0.25) is 5.02 Å². The summed E-state index contributed by atoms with van der Waals surface area (Å²) in [6.07, 6.45) is 3.75. The van der Waals surface area contributed by atoms with Gasteiger partial charge in [-0.25, -0.2) is 4.39 Å². The number of methoxy groups -OCH3 is 1. The Morgan fingerprint density at radius 2 is 1.93 bits per heavy atom. The van der Waals surface area contributed by atoms with Crippen molar-refractivity contribution in [3.05, 3.63) is 40.7 Å². The Labute approximate surface area is 183 Å². The lowest BCUT2D eigenvalue weighted by Crippen LogP contribution is -2.26. The van der Waals surface area contributed by atoms with Crippen LogP contribution >= 0.6 is 11.6 Å². The quantitative estimate of drug-likeness (QED) is 0.278. The molecule has 2 aromatic carbocycles. The van der Waals surface area contributed by atoms with Crippen LogP contribution in [0.5, 0.6) is 5.75 Å². The Hall–Kier alpha value is -1.85. The zero-order valence-electron chi connectivity index (χ0n) is 18.3. The van der Waals surface area contributed by atoms with Crippen molar-refractivity contribution in [2.45, 2.75) is 52.9 Å². The van der Waals surface area contributed by atoms with Gasteiger partial charge in [0.05, 0.1) is 17.5 Å². The van der Waals surface area contributed by atoms with Gasteiger partial charge in [0.15, 0.2) is 6.79 Å². The molecule has 4 nitrogen and oxygen atoms in total. The first kappa shape index (κ1) is 24.4. The molecule has 30 heavy (non-hydrogen) atoms. The number of hydrogen-bond acceptors (Lipinski definition) is 4. The van der Waals surface area contributed by atoms with Crippen LogP contribution in [0.25, 0.3) is 10.8 Å². The van der Waals surface area contributed by atoms with Gasteiger partial charge in [0.25, 0.3) is 0 Å². The van der Waals surface area contributed by atoms with Gasteiger partial charge in [0.1, 0.15) is 11.6 Å². The average molecular weight is 439 g/mol. The fourth-order valence-electron chi connectivity index (χ4n) is 4.05. The van der Waals surface area contributed by atoms with Gasteiger partial charge in [-0.1, -0.05) is 44.4 Å². The molecule has 0 radical (unpaired) electrons. The molecule has 0 N–H and O–H groups in total. The van der Waals surface area contributed by atoms with E-state index >= 15 is 0 Å². The second kappa shape index (κ2) is 12.1. The molecule has 0 saturated carbocycles. The summed E-state index contributed by atoms with van der Waals surface area (Å²) >= 11 is 6.51. The highest BCUT2D eigenvalue weighted by Gasteiger charge is 2.28. The zero-order chi connectivity index (χ0) is 22.1. The predicted molar refractivity (Wildman–Crippen MR) is 119 cm³/mol. The fraction of sp³-hybridized carbons (Fsp3) is 0.542. The summed E-state index contributed by atoms with van der Waals surface area (Å²) in [4.78, 5) is 12.6. The molecule has 6 heteroatoms. The number of carbonyl (C=O) groups excluding carboxylic acids is 1. The Balaban J connectivity index is 2.35. The summed E-state index contributed by atoms with van der Waals surface area (Å²) in [5, 5.41) is 1.87. The maximum absolute atomic E-state index is 14.8. The van der Waals surface area contributed by atoms with Crippen LogP contribution in [0.1, 0.15) is 52.0 Å². The van der Waals surface area contributed by atoms with E-state index in [9.17, 15) is 9.18 Å². The van der Waals surface area contributed by atoms with E-state index in [-0.39, 0.29) is 30.4 Å². The van der Waals surface area contributed by atoms with E-state index in [1.54, 1.807) is 12.1 Å². The van der Waals surface area contributed by atoms with Crippen molar-refractivity contribution in [1.29, 1.82) is 0 Å². The molecule has 0 aliphatic heterocycles. The molecule has 166 valence electrons. The monoisotopic (exact) mass is 438 g/mol. The smallest absolute Gasteiger partial charge is 0.309 e. The minimum Gasteiger partial charge on any atom is -0.467 e. The minimum atomic E-state index is -0.318. The molecule has 0 amide bonds. The van der Waals surface area contributed by atoms with Gasteiger partial charge in [-0.15, -0.1) is 0 Å². The maximum Gasteiger partial charge on any atom is 0.309 e. The lowest BCUT2D eigenvalue weighted by Gasteiger charge is -2.25. The third-order valence-corrected chi connectivity index (χ3v) is 5.78. The largest absolute Gasteiger partial charge is 0.467 e. The van der Waals surface area contributed by atoms with Crippen molar-refractivity contribution in [1.82, 2.24) is 0 Å². The molecule has 2 rings (SSSR count). The SMILES string of the molecule is CCCC(CC)C(CCc1c(F)ccc2cc(OCOC)cc(Cl)c12)C(=O)OCC. The van der Waals surface area contributed by atoms with Crippen LogP contribution in [0.4, 0.5) is 4.39 Å². The number of halogens is 2. The van der Waals surface area contributed by atoms with Crippen molar-refractivity contribution >= 4 is 28.3 Å². The zero-order valence-corrected chi connectivity index (χ0v) is 19.1. The van der Waals surface area contributed by atoms with Crippen molar-refractivity contribution in [3.63, 3.8) is 0 Å². The van der Waals surface area contributed by atoms with E-state index in [4.69, 9.17) is 25.8 Å². The third-order valence-electron chi connectivity index (χ3n) is 5.48. The van der Waals surface area contributed by atoms with Gasteiger partial charge >= 0.3 is 5.97 Å². The number of fused-ring (bicyclic) bond motifs is 1. The molecule has 2 unspecified atom stereocenters. The number of benzene rings is 2. The van der Waals surface area contributed by atoms with E-state index in [1.807, 2.05) is 13.0 Å². The molecule has 0 heterocycles. The van der Waals surface area contributed by atoms with Crippen molar-refractivity contribution in [2.24, 2.45) is 11.8 Å². The highest BCUT2D eigenvalue weighted by Crippen LogP contribution is 2.35. The van der Waals surface area contributed by atoms with E-state index < -0.39 is 0 Å². The molecule has 0 aromatic heterocycles. The average Bonchev–Trinajstić information content (AvgIpc) is 2.73. The molecule has 0 fully saturated rings. The fourth-order valence-corrected chi connectivity index (χ4v) is 4.38. The number of aryl methyl sites for hydroxylation is 1. The van der Waals surface area contributed by atoms with Crippen LogP contribution in [-0.4, -0.2) is 26.5 Å². The van der Waals surface area contributed by atoms with Crippen molar-refractivity contribution in [2.75, 3.05) is 20.5 Å². The van der Waals surface area contributed by atoms with Crippen molar-refractivity contribution in [3.8, 4) is 5.75 Å². The second-order valence-corrected chi connectivity index (χ2v) is 7.84. The standard InChI is InChI=1S/C24H32ClFO4/c1-5-8-16(6-2)19(24(27)29-7-3)10-11-20-22(26)12-9-17-13-18(30-15-28-4)14-21(25)23(17)20/h9,12-14,16,19H,5-8,10-11,15H2,1-4H3. The Morgan fingerprint density at radius 3 is 2.57 bits per heavy atom. The van der Waals surface area contributed by atoms with Gasteiger partial charge in [-0.2, -0.15) is 0 Å². The summed E-state index contributed by atoms with van der Waals surface area (Å²) in [5.41, 5.74) is 0.524. The normalized spacial score (nSPS) is 13.3. The Kier molecular flexibility index (Phi) is 9.86. The number of ether oxygens (including phenoxy) is 3.